The van der Waals surface area contributed by atoms with Crippen LogP contribution in [0.2, 0.25) is 0 Å². The first-order chi connectivity index (χ1) is 17.9. The molecule has 1 fully saturated rings. The van der Waals surface area contributed by atoms with Crippen molar-refractivity contribution in [2.75, 3.05) is 43.4 Å². The van der Waals surface area contributed by atoms with Gasteiger partial charge in [0.1, 0.15) is 11.8 Å². The molecule has 2 aromatic heterocycles. The Morgan fingerprint density at radius 2 is 1.97 bits per heavy atom. The minimum atomic E-state index is -4.71. The lowest BCUT2D eigenvalue weighted by Gasteiger charge is -2.45. The molecule has 3 aromatic rings. The number of benzene rings is 1. The molecule has 1 aromatic carbocycles. The highest BCUT2D eigenvalue weighted by atomic mass is 19.4. The number of piperazine rings is 1. The van der Waals surface area contributed by atoms with E-state index in [-0.39, 0.29) is 53.9 Å². The smallest absolute Gasteiger partial charge is 0.396 e. The zero-order valence-electron chi connectivity index (χ0n) is 21.3. The minimum absolute atomic E-state index is 0.0776. The predicted octanol–water partition coefficient (Wildman–Crippen LogP) is 2.56. The Bertz CT molecular complexity index is 1370. The fourth-order valence-electron chi connectivity index (χ4n) is 4.82. The van der Waals surface area contributed by atoms with Gasteiger partial charge in [-0.05, 0) is 45.0 Å². The molecule has 0 spiro atoms. The number of aliphatic hydroxyl groups excluding tert-OH is 1. The fraction of sp³-hybridized carbons (Fsp3) is 0.440. The molecule has 0 bridgehead atoms. The molecule has 0 radical (unpaired) electrons. The Hall–Kier alpha value is -3.71. The zero-order valence-corrected chi connectivity index (χ0v) is 21.3. The summed E-state index contributed by atoms with van der Waals surface area (Å²) < 4.78 is 42.7. The Kier molecular flexibility index (Phi) is 7.35. The number of nitrogens with zero attached hydrogens (tertiary/aromatic N) is 5. The number of aliphatic hydroxyl groups is 1. The standard InChI is InChI=1S/C25H30F3N7O3/c1-4-33-9-10-34(23(38)24(33,2)3)19-12-15(6-7-16(19)22(37)30-8-5-11-36)18-13-17(25(26,27)28)20-21(29)31-14-32-35(18)20/h6-7,12-14,36H,4-5,8-11H2,1-3H3,(H,30,37)(H2,29,31,32). The third-order valence-electron chi connectivity index (χ3n) is 6.87. The van der Waals surface area contributed by atoms with Crippen molar-refractivity contribution in [3.05, 3.63) is 41.7 Å². The first kappa shape index (κ1) is 27.3. The van der Waals surface area contributed by atoms with E-state index in [0.29, 0.717) is 25.1 Å². The summed E-state index contributed by atoms with van der Waals surface area (Å²) in [4.78, 5) is 33.9. The third-order valence-corrected chi connectivity index (χ3v) is 6.87. The van der Waals surface area contributed by atoms with Gasteiger partial charge in [-0.1, -0.05) is 13.0 Å². The van der Waals surface area contributed by atoms with E-state index in [0.717, 1.165) is 16.9 Å². The van der Waals surface area contributed by atoms with Crippen LogP contribution in [0.3, 0.4) is 0 Å². The van der Waals surface area contributed by atoms with Crippen LogP contribution in [0.5, 0.6) is 0 Å². The van der Waals surface area contributed by atoms with Crippen LogP contribution in [0.4, 0.5) is 24.7 Å². The maximum absolute atomic E-state index is 13.9. The largest absolute Gasteiger partial charge is 0.418 e. The molecular weight excluding hydrogens is 503 g/mol. The van der Waals surface area contributed by atoms with Crippen molar-refractivity contribution in [1.29, 1.82) is 0 Å². The van der Waals surface area contributed by atoms with E-state index in [4.69, 9.17) is 10.8 Å². The number of likely N-dealkylation sites (N-methyl/N-ethyl adjacent to an activating group) is 1. The van der Waals surface area contributed by atoms with Crippen LogP contribution in [-0.2, 0) is 11.0 Å². The van der Waals surface area contributed by atoms with Crippen molar-refractivity contribution in [1.82, 2.24) is 24.8 Å². The van der Waals surface area contributed by atoms with E-state index < -0.39 is 23.2 Å². The number of carbonyl (C=O) groups excluding carboxylic acids is 2. The number of anilines is 2. The quantitative estimate of drug-likeness (QED) is 0.398. The van der Waals surface area contributed by atoms with Crippen molar-refractivity contribution in [3.63, 3.8) is 0 Å². The van der Waals surface area contributed by atoms with E-state index in [2.05, 4.69) is 15.4 Å². The van der Waals surface area contributed by atoms with Gasteiger partial charge in [0.2, 0.25) is 5.91 Å². The molecule has 2 amide bonds. The third kappa shape index (κ3) is 4.78. The number of carbonyl (C=O) groups is 2. The normalized spacial score (nSPS) is 16.3. The SMILES string of the molecule is CCN1CCN(c2cc(-c3cc(C(F)(F)F)c4c(N)ncnn34)ccc2C(=O)NCCCO)C(=O)C1(C)C. The molecule has 10 nitrogen and oxygen atoms in total. The van der Waals surface area contributed by atoms with E-state index in [1.54, 1.807) is 13.8 Å². The first-order valence-electron chi connectivity index (χ1n) is 12.2. The molecule has 204 valence electrons. The van der Waals surface area contributed by atoms with Gasteiger partial charge in [-0.15, -0.1) is 0 Å². The number of halogens is 3. The fourth-order valence-corrected chi connectivity index (χ4v) is 4.82. The monoisotopic (exact) mass is 533 g/mol. The average Bonchev–Trinajstić information content (AvgIpc) is 3.27. The molecule has 4 rings (SSSR count). The number of aromatic nitrogens is 3. The highest BCUT2D eigenvalue weighted by molar-refractivity contribution is 6.08. The molecular formula is C25H30F3N7O3. The number of hydrogen-bond acceptors (Lipinski definition) is 7. The minimum Gasteiger partial charge on any atom is -0.396 e. The van der Waals surface area contributed by atoms with Gasteiger partial charge in [0.05, 0.1) is 28.0 Å². The van der Waals surface area contributed by atoms with Gasteiger partial charge in [0.15, 0.2) is 5.82 Å². The van der Waals surface area contributed by atoms with E-state index >= 15 is 0 Å². The summed E-state index contributed by atoms with van der Waals surface area (Å²) in [7, 11) is 0. The maximum atomic E-state index is 13.9. The number of nitrogens with two attached hydrogens (primary N) is 1. The summed E-state index contributed by atoms with van der Waals surface area (Å²) in [6.45, 7) is 7.14. The highest BCUT2D eigenvalue weighted by Gasteiger charge is 2.42. The average molecular weight is 534 g/mol. The van der Waals surface area contributed by atoms with Crippen molar-refractivity contribution < 1.29 is 27.9 Å². The Labute approximate surface area is 217 Å². The van der Waals surface area contributed by atoms with Gasteiger partial charge >= 0.3 is 6.18 Å². The number of rotatable bonds is 7. The maximum Gasteiger partial charge on any atom is 0.418 e. The molecule has 38 heavy (non-hydrogen) atoms. The molecule has 4 N–H and O–H groups in total. The molecule has 0 aliphatic carbocycles. The van der Waals surface area contributed by atoms with Crippen LogP contribution in [0.25, 0.3) is 16.8 Å². The van der Waals surface area contributed by atoms with Crippen LogP contribution in [0.1, 0.15) is 43.1 Å². The number of hydrogen-bond donors (Lipinski definition) is 3. The molecule has 0 atom stereocenters. The van der Waals surface area contributed by atoms with Crippen LogP contribution in [0.15, 0.2) is 30.6 Å². The molecule has 0 saturated carbocycles. The molecule has 13 heteroatoms. The highest BCUT2D eigenvalue weighted by Crippen LogP contribution is 2.40. The second-order valence-electron chi connectivity index (χ2n) is 9.51. The van der Waals surface area contributed by atoms with Crippen molar-refractivity contribution in [2.45, 2.75) is 38.9 Å². The van der Waals surface area contributed by atoms with Gasteiger partial charge in [0.25, 0.3) is 5.91 Å². The number of alkyl halides is 3. The van der Waals surface area contributed by atoms with E-state index in [1.807, 2.05) is 11.8 Å². The summed E-state index contributed by atoms with van der Waals surface area (Å²) in [6, 6.07) is 5.43. The summed E-state index contributed by atoms with van der Waals surface area (Å²) >= 11 is 0. The number of amides is 2. The predicted molar refractivity (Wildman–Crippen MR) is 136 cm³/mol. The van der Waals surface area contributed by atoms with Gasteiger partial charge in [-0.2, -0.15) is 18.3 Å². The number of nitrogen functional groups attached to an aromatic ring is 1. The van der Waals surface area contributed by atoms with Crippen LogP contribution >= 0.6 is 0 Å². The van der Waals surface area contributed by atoms with Crippen LogP contribution in [-0.4, -0.2) is 74.7 Å². The summed E-state index contributed by atoms with van der Waals surface area (Å²) in [5.74, 6) is -1.04. The lowest BCUT2D eigenvalue weighted by atomic mass is 9.95. The van der Waals surface area contributed by atoms with Crippen molar-refractivity contribution >= 4 is 28.8 Å². The van der Waals surface area contributed by atoms with Gasteiger partial charge in [0, 0.05) is 31.8 Å². The summed E-state index contributed by atoms with van der Waals surface area (Å²) in [6.07, 6.45) is -3.31. The van der Waals surface area contributed by atoms with Crippen LogP contribution in [0, 0.1) is 0 Å². The molecule has 1 saturated heterocycles. The number of fused-ring (bicyclic) bond motifs is 1. The Morgan fingerprint density at radius 1 is 1.24 bits per heavy atom. The summed E-state index contributed by atoms with van der Waals surface area (Å²) in [5.41, 5.74) is 4.39. The Morgan fingerprint density at radius 3 is 2.63 bits per heavy atom. The topological polar surface area (TPSA) is 129 Å². The Balaban J connectivity index is 1.89. The summed E-state index contributed by atoms with van der Waals surface area (Å²) in [5, 5.41) is 15.8. The zero-order chi connectivity index (χ0) is 27.8. The molecule has 1 aliphatic rings. The molecule has 0 unspecified atom stereocenters. The molecule has 3 heterocycles. The van der Waals surface area contributed by atoms with Crippen LogP contribution < -0.4 is 16.0 Å². The second-order valence-corrected chi connectivity index (χ2v) is 9.51. The van der Waals surface area contributed by atoms with Gasteiger partial charge in [-0.25, -0.2) is 9.50 Å². The van der Waals surface area contributed by atoms with Crippen molar-refractivity contribution in [2.24, 2.45) is 0 Å². The van der Waals surface area contributed by atoms with Gasteiger partial charge in [-0.3, -0.25) is 14.5 Å². The lowest BCUT2D eigenvalue weighted by molar-refractivity contribution is -0.136. The van der Waals surface area contributed by atoms with Crippen molar-refractivity contribution in [3.8, 4) is 11.3 Å². The van der Waals surface area contributed by atoms with E-state index in [1.165, 1.54) is 23.1 Å². The number of nitrogens with one attached hydrogen (secondary N) is 1. The molecule has 1 aliphatic heterocycles. The first-order valence-corrected chi connectivity index (χ1v) is 12.2. The van der Waals surface area contributed by atoms with E-state index in [9.17, 15) is 22.8 Å². The lowest BCUT2D eigenvalue weighted by Crippen LogP contribution is -2.63. The van der Waals surface area contributed by atoms with Gasteiger partial charge < -0.3 is 21.1 Å². The second kappa shape index (κ2) is 10.2.